The minimum atomic E-state index is -4.05. The van der Waals surface area contributed by atoms with Crippen LogP contribution in [0.1, 0.15) is 20.7 Å². The van der Waals surface area contributed by atoms with Crippen molar-refractivity contribution < 1.29 is 32.3 Å². The van der Waals surface area contributed by atoms with Crippen LogP contribution in [0.15, 0.2) is 41.3 Å². The first-order chi connectivity index (χ1) is 15.7. The Kier molecular flexibility index (Phi) is 5.85. The molecular formula is C21H22N4O7S. The van der Waals surface area contributed by atoms with Crippen LogP contribution >= 0.6 is 0 Å². The third-order valence-electron chi connectivity index (χ3n) is 5.48. The summed E-state index contributed by atoms with van der Waals surface area (Å²) >= 11 is 0. The first kappa shape index (κ1) is 22.4. The van der Waals surface area contributed by atoms with Crippen LogP contribution in [0.5, 0.6) is 11.5 Å². The summed E-state index contributed by atoms with van der Waals surface area (Å²) in [4.78, 5) is 40.5. The fourth-order valence-corrected chi connectivity index (χ4v) is 4.92. The highest BCUT2D eigenvalue weighted by molar-refractivity contribution is 7.90. The number of benzene rings is 2. The molecule has 0 unspecified atom stereocenters. The molecule has 174 valence electrons. The zero-order valence-electron chi connectivity index (χ0n) is 18.0. The van der Waals surface area contributed by atoms with Gasteiger partial charge in [0.15, 0.2) is 11.5 Å². The molecule has 0 radical (unpaired) electrons. The number of hydrogen-bond donors (Lipinski definition) is 2. The summed E-state index contributed by atoms with van der Waals surface area (Å²) in [7, 11) is -1.09. The minimum Gasteiger partial charge on any atom is -0.493 e. The van der Waals surface area contributed by atoms with Crippen LogP contribution in [0.25, 0.3) is 0 Å². The van der Waals surface area contributed by atoms with E-state index in [0.717, 1.165) is 0 Å². The van der Waals surface area contributed by atoms with Gasteiger partial charge in [0, 0.05) is 31.7 Å². The molecule has 0 bridgehead atoms. The van der Waals surface area contributed by atoms with Gasteiger partial charge >= 0.3 is 6.03 Å². The quantitative estimate of drug-likeness (QED) is 0.678. The third-order valence-corrected chi connectivity index (χ3v) is 6.85. The second-order valence-corrected chi connectivity index (χ2v) is 9.05. The molecule has 1 saturated heterocycles. The van der Waals surface area contributed by atoms with Crippen LogP contribution in [-0.4, -0.2) is 76.5 Å². The monoisotopic (exact) mass is 474 g/mol. The predicted octanol–water partition coefficient (Wildman–Crippen LogP) is 1.13. The zero-order chi connectivity index (χ0) is 23.8. The average Bonchev–Trinajstić information content (AvgIpc) is 2.81. The predicted molar refractivity (Wildman–Crippen MR) is 117 cm³/mol. The highest BCUT2D eigenvalue weighted by Crippen LogP contribution is 2.32. The lowest BCUT2D eigenvalue weighted by molar-refractivity contribution is 0.0533. The number of hydrogen-bond acceptors (Lipinski definition) is 7. The highest BCUT2D eigenvalue weighted by Gasteiger charge is 2.31. The van der Waals surface area contributed by atoms with Gasteiger partial charge in [-0.2, -0.15) is 0 Å². The average molecular weight is 474 g/mol. The topological polar surface area (TPSA) is 134 Å². The number of nitrogens with one attached hydrogen (secondary N) is 2. The van der Waals surface area contributed by atoms with Crippen LogP contribution in [0, 0.1) is 0 Å². The summed E-state index contributed by atoms with van der Waals surface area (Å²) in [6.45, 7) is 1.14. The van der Waals surface area contributed by atoms with E-state index in [-0.39, 0.29) is 41.1 Å². The number of urea groups is 1. The SMILES string of the molecule is COc1cccc(C(=O)N2CCN(C(=O)c3ccc4c(c3)S(=O)(=O)NC(=O)N4)CC2)c1OC. The van der Waals surface area contributed by atoms with Crippen LogP contribution in [-0.2, 0) is 10.0 Å². The van der Waals surface area contributed by atoms with Gasteiger partial charge in [-0.25, -0.2) is 17.9 Å². The van der Waals surface area contributed by atoms with Gasteiger partial charge in [-0.15, -0.1) is 0 Å². The van der Waals surface area contributed by atoms with Crippen LogP contribution in [0.2, 0.25) is 0 Å². The fourth-order valence-electron chi connectivity index (χ4n) is 3.83. The lowest BCUT2D eigenvalue weighted by atomic mass is 10.1. The summed E-state index contributed by atoms with van der Waals surface area (Å²) in [5.41, 5.74) is 0.647. The maximum absolute atomic E-state index is 13.0. The summed E-state index contributed by atoms with van der Waals surface area (Å²) in [6, 6.07) is 8.28. The number of carbonyl (C=O) groups is 3. The lowest BCUT2D eigenvalue weighted by Crippen LogP contribution is -2.50. The number of fused-ring (bicyclic) bond motifs is 1. The molecule has 33 heavy (non-hydrogen) atoms. The van der Waals surface area contributed by atoms with Gasteiger partial charge in [0.2, 0.25) is 0 Å². The Labute approximate surface area is 190 Å². The van der Waals surface area contributed by atoms with Crippen LogP contribution in [0.4, 0.5) is 10.5 Å². The third kappa shape index (κ3) is 4.16. The van der Waals surface area contributed by atoms with E-state index in [0.29, 0.717) is 30.2 Å². The summed E-state index contributed by atoms with van der Waals surface area (Å²) in [5.74, 6) is 0.195. The van der Waals surface area contributed by atoms with E-state index < -0.39 is 16.1 Å². The molecule has 4 amide bonds. The number of rotatable bonds is 4. The normalized spacial score (nSPS) is 16.8. The van der Waals surface area contributed by atoms with Gasteiger partial charge in [-0.05, 0) is 30.3 Å². The number of amides is 4. The largest absolute Gasteiger partial charge is 0.493 e. The van der Waals surface area contributed by atoms with Crippen LogP contribution in [0.3, 0.4) is 0 Å². The molecule has 0 saturated carbocycles. The molecule has 2 aromatic rings. The molecule has 11 nitrogen and oxygen atoms in total. The smallest absolute Gasteiger partial charge is 0.333 e. The molecule has 1 fully saturated rings. The molecule has 0 atom stereocenters. The first-order valence-electron chi connectivity index (χ1n) is 10.0. The van der Waals surface area contributed by atoms with Gasteiger partial charge in [-0.3, -0.25) is 9.59 Å². The van der Waals surface area contributed by atoms with Crippen molar-refractivity contribution in [1.29, 1.82) is 0 Å². The van der Waals surface area contributed by atoms with Crippen molar-refractivity contribution in [3.63, 3.8) is 0 Å². The second-order valence-electron chi connectivity index (χ2n) is 7.40. The van der Waals surface area contributed by atoms with Crippen molar-refractivity contribution in [3.8, 4) is 11.5 Å². The number of sulfonamides is 1. The summed E-state index contributed by atoms with van der Waals surface area (Å²) in [5, 5.41) is 2.40. The van der Waals surface area contributed by atoms with E-state index >= 15 is 0 Å². The van der Waals surface area contributed by atoms with Crippen molar-refractivity contribution in [2.75, 3.05) is 45.7 Å². The number of nitrogens with zero attached hydrogens (tertiary/aromatic N) is 2. The molecule has 4 rings (SSSR count). The van der Waals surface area contributed by atoms with Gasteiger partial charge in [0.25, 0.3) is 21.8 Å². The molecule has 0 spiro atoms. The van der Waals surface area contributed by atoms with Gasteiger partial charge < -0.3 is 24.6 Å². The Balaban J connectivity index is 1.47. The van der Waals surface area contributed by atoms with Crippen molar-refractivity contribution >= 4 is 33.6 Å². The van der Waals surface area contributed by atoms with E-state index in [1.807, 2.05) is 4.72 Å². The highest BCUT2D eigenvalue weighted by atomic mass is 32.2. The molecule has 2 N–H and O–H groups in total. The minimum absolute atomic E-state index is 0.109. The molecule has 2 aromatic carbocycles. The van der Waals surface area contributed by atoms with Gasteiger partial charge in [0.1, 0.15) is 4.90 Å². The molecular weight excluding hydrogens is 452 g/mol. The lowest BCUT2D eigenvalue weighted by Gasteiger charge is -2.35. The molecule has 12 heteroatoms. The molecule has 2 aliphatic heterocycles. The fraction of sp³-hybridized carbons (Fsp3) is 0.286. The summed E-state index contributed by atoms with van der Waals surface area (Å²) < 4.78 is 36.9. The number of piperazine rings is 1. The Morgan fingerprint density at radius 2 is 1.61 bits per heavy atom. The Bertz CT molecular complexity index is 1240. The Morgan fingerprint density at radius 3 is 2.24 bits per heavy atom. The van der Waals surface area contributed by atoms with Crippen LogP contribution < -0.4 is 19.5 Å². The number of ether oxygens (including phenoxy) is 2. The van der Waals surface area contributed by atoms with E-state index in [1.54, 1.807) is 28.0 Å². The summed E-state index contributed by atoms with van der Waals surface area (Å²) in [6.07, 6.45) is 0. The zero-order valence-corrected chi connectivity index (χ0v) is 18.8. The number of methoxy groups -OCH3 is 2. The second kappa shape index (κ2) is 8.62. The van der Waals surface area contributed by atoms with E-state index in [1.165, 1.54) is 32.4 Å². The van der Waals surface area contributed by atoms with E-state index in [9.17, 15) is 22.8 Å². The molecule has 2 heterocycles. The van der Waals surface area contributed by atoms with Crippen molar-refractivity contribution in [2.24, 2.45) is 0 Å². The number of para-hydroxylation sites is 1. The molecule has 2 aliphatic rings. The Morgan fingerprint density at radius 1 is 0.939 bits per heavy atom. The van der Waals surface area contributed by atoms with Crippen molar-refractivity contribution in [3.05, 3.63) is 47.5 Å². The van der Waals surface area contributed by atoms with Crippen molar-refractivity contribution in [2.45, 2.75) is 4.90 Å². The first-order valence-corrected chi connectivity index (χ1v) is 11.5. The van der Waals surface area contributed by atoms with E-state index in [2.05, 4.69) is 5.32 Å². The molecule has 0 aliphatic carbocycles. The maximum Gasteiger partial charge on any atom is 0.333 e. The van der Waals surface area contributed by atoms with Crippen molar-refractivity contribution in [1.82, 2.24) is 14.5 Å². The van der Waals surface area contributed by atoms with Gasteiger partial charge in [-0.1, -0.05) is 6.07 Å². The standard InChI is InChI=1S/C21H22N4O7S/c1-31-16-5-3-4-14(18(16)32-2)20(27)25-10-8-24(9-11-25)19(26)13-6-7-15-17(12-13)33(29,30)23-21(28)22-15/h3-7,12H,8-11H2,1-2H3,(H2,22,23,28). The van der Waals surface area contributed by atoms with E-state index in [4.69, 9.17) is 9.47 Å². The Hall–Kier alpha value is -3.80. The maximum atomic E-state index is 13.0. The molecule has 0 aromatic heterocycles. The van der Waals surface area contributed by atoms with Gasteiger partial charge in [0.05, 0.1) is 25.5 Å². The number of anilines is 1. The number of carbonyl (C=O) groups excluding carboxylic acids is 3.